The monoisotopic (exact) mass is 534 g/mol. The second-order valence-corrected chi connectivity index (χ2v) is 10.5. The van der Waals surface area contributed by atoms with Crippen molar-refractivity contribution >= 4 is 23.4 Å². The molecular formula is C29H30N2O6S. The number of rotatable bonds is 6. The lowest BCUT2D eigenvalue weighted by atomic mass is 9.95. The minimum Gasteiger partial charge on any atom is -0.496 e. The summed E-state index contributed by atoms with van der Waals surface area (Å²) < 4.78 is 24.1. The third kappa shape index (κ3) is 4.41. The summed E-state index contributed by atoms with van der Waals surface area (Å²) in [6.07, 6.45) is 1.89. The van der Waals surface area contributed by atoms with E-state index in [1.165, 1.54) is 11.3 Å². The second-order valence-electron chi connectivity index (χ2n) is 9.52. The van der Waals surface area contributed by atoms with Crippen LogP contribution in [0.5, 0.6) is 17.2 Å². The first-order chi connectivity index (χ1) is 18.2. The number of nitrogens with zero attached hydrogens (tertiary/aromatic N) is 2. The zero-order chi connectivity index (χ0) is 27.1. The lowest BCUT2D eigenvalue weighted by Gasteiger charge is -2.24. The maximum absolute atomic E-state index is 13.9. The Morgan fingerprint density at radius 2 is 1.97 bits per heavy atom. The van der Waals surface area contributed by atoms with Crippen molar-refractivity contribution in [3.05, 3.63) is 83.5 Å². The van der Waals surface area contributed by atoms with Crippen LogP contribution in [0.1, 0.15) is 61.9 Å². The predicted octanol–water partition coefficient (Wildman–Crippen LogP) is 3.97. The van der Waals surface area contributed by atoms with Crippen LogP contribution in [0, 0.1) is 6.92 Å². The normalized spacial score (nSPS) is 16.5. The van der Waals surface area contributed by atoms with E-state index < -0.39 is 12.0 Å². The highest BCUT2D eigenvalue weighted by atomic mass is 32.1. The summed E-state index contributed by atoms with van der Waals surface area (Å²) in [5.74, 6) is 1.76. The number of thiazole rings is 1. The fraction of sp³-hybridized carbons (Fsp3) is 0.345. The van der Waals surface area contributed by atoms with Gasteiger partial charge in [-0.25, -0.2) is 9.79 Å². The molecule has 0 radical (unpaired) electrons. The van der Waals surface area contributed by atoms with Gasteiger partial charge in [0.2, 0.25) is 6.79 Å². The average Bonchev–Trinajstić information content (AvgIpc) is 3.47. The molecule has 38 heavy (non-hydrogen) atoms. The fourth-order valence-corrected chi connectivity index (χ4v) is 5.87. The van der Waals surface area contributed by atoms with Crippen molar-refractivity contribution in [2.75, 3.05) is 20.5 Å². The molecule has 0 aliphatic carbocycles. The number of esters is 1. The van der Waals surface area contributed by atoms with Crippen molar-refractivity contribution in [3.63, 3.8) is 0 Å². The van der Waals surface area contributed by atoms with Crippen LogP contribution in [0.15, 0.2) is 51.4 Å². The molecule has 2 aromatic carbocycles. The van der Waals surface area contributed by atoms with Crippen LogP contribution in [0.25, 0.3) is 6.08 Å². The zero-order valence-electron chi connectivity index (χ0n) is 22.3. The van der Waals surface area contributed by atoms with Crippen LogP contribution in [-0.4, -0.2) is 31.0 Å². The van der Waals surface area contributed by atoms with Gasteiger partial charge in [0.1, 0.15) is 5.75 Å². The average molecular weight is 535 g/mol. The quantitative estimate of drug-likeness (QED) is 0.445. The van der Waals surface area contributed by atoms with Gasteiger partial charge in [0.05, 0.1) is 35.6 Å². The molecule has 9 heteroatoms. The van der Waals surface area contributed by atoms with Crippen molar-refractivity contribution in [2.24, 2.45) is 4.99 Å². The van der Waals surface area contributed by atoms with Crippen LogP contribution < -0.4 is 29.1 Å². The van der Waals surface area contributed by atoms with Crippen molar-refractivity contribution in [1.82, 2.24) is 4.57 Å². The first-order valence-corrected chi connectivity index (χ1v) is 13.3. The van der Waals surface area contributed by atoms with Gasteiger partial charge in [0, 0.05) is 0 Å². The molecule has 0 amide bonds. The molecule has 0 saturated heterocycles. The molecule has 0 saturated carbocycles. The summed E-state index contributed by atoms with van der Waals surface area (Å²) in [4.78, 5) is 32.3. The number of hydrogen-bond acceptors (Lipinski definition) is 8. The number of aryl methyl sites for hydroxylation is 1. The SMILES string of the molecule is CCOC(=O)C1=C(C)N=c2s/c(=C/c3cc(C(C)C)c(OC)cc3C)c(=O)n2[C@@H]1c1ccc2c(c1)OCO2. The van der Waals surface area contributed by atoms with Crippen molar-refractivity contribution in [1.29, 1.82) is 0 Å². The highest BCUT2D eigenvalue weighted by Crippen LogP contribution is 2.38. The summed E-state index contributed by atoms with van der Waals surface area (Å²) in [7, 11) is 1.66. The van der Waals surface area contributed by atoms with Crippen LogP contribution in [0.3, 0.4) is 0 Å². The maximum Gasteiger partial charge on any atom is 0.338 e. The van der Waals surface area contributed by atoms with Gasteiger partial charge in [-0.2, -0.15) is 0 Å². The number of fused-ring (bicyclic) bond motifs is 2. The molecule has 0 fully saturated rings. The number of carbonyl (C=O) groups is 1. The van der Waals surface area contributed by atoms with Crippen molar-refractivity contribution in [2.45, 2.75) is 46.6 Å². The molecule has 198 valence electrons. The van der Waals surface area contributed by atoms with Gasteiger partial charge in [-0.05, 0) is 79.3 Å². The van der Waals surface area contributed by atoms with Gasteiger partial charge < -0.3 is 18.9 Å². The van der Waals surface area contributed by atoms with E-state index in [0.717, 1.165) is 22.4 Å². The van der Waals surface area contributed by atoms with Crippen LogP contribution in [-0.2, 0) is 9.53 Å². The summed E-state index contributed by atoms with van der Waals surface area (Å²) in [6, 6.07) is 8.79. The Balaban J connectivity index is 1.72. The molecule has 2 aliphatic rings. The first kappa shape index (κ1) is 25.8. The Bertz CT molecular complexity index is 1650. The number of allylic oxidation sites excluding steroid dienone is 1. The zero-order valence-corrected chi connectivity index (χ0v) is 23.1. The third-order valence-electron chi connectivity index (χ3n) is 6.76. The van der Waals surface area contributed by atoms with Gasteiger partial charge in [-0.15, -0.1) is 0 Å². The molecule has 1 atom stereocenters. The van der Waals surface area contributed by atoms with E-state index in [2.05, 4.69) is 24.9 Å². The summed E-state index contributed by atoms with van der Waals surface area (Å²) >= 11 is 1.30. The Labute approximate surface area is 224 Å². The molecule has 0 N–H and O–H groups in total. The highest BCUT2D eigenvalue weighted by molar-refractivity contribution is 7.07. The van der Waals surface area contributed by atoms with E-state index in [9.17, 15) is 9.59 Å². The van der Waals surface area contributed by atoms with Crippen molar-refractivity contribution < 1.29 is 23.7 Å². The fourth-order valence-electron chi connectivity index (χ4n) is 4.83. The standard InChI is InChI=1S/C29H30N2O6S/c1-7-35-28(33)25-17(5)30-29-31(26(25)18-8-9-21-23(12-18)37-14-36-21)27(32)24(38-29)13-19-11-20(15(2)3)22(34-6)10-16(19)4/h8-13,15,26H,7,14H2,1-6H3/b24-13+/t26-/m1/s1. The van der Waals surface area contributed by atoms with Gasteiger partial charge in [0.25, 0.3) is 5.56 Å². The van der Waals surface area contributed by atoms with E-state index in [4.69, 9.17) is 18.9 Å². The lowest BCUT2D eigenvalue weighted by Crippen LogP contribution is -2.39. The number of ether oxygens (including phenoxy) is 4. The van der Waals surface area contributed by atoms with E-state index in [-0.39, 0.29) is 24.9 Å². The molecule has 5 rings (SSSR count). The van der Waals surface area contributed by atoms with Crippen LogP contribution in [0.4, 0.5) is 0 Å². The number of carbonyl (C=O) groups excluding carboxylic acids is 1. The molecule has 1 aromatic heterocycles. The van der Waals surface area contributed by atoms with Gasteiger partial charge in [-0.1, -0.05) is 31.3 Å². The minimum atomic E-state index is -0.717. The van der Waals surface area contributed by atoms with Gasteiger partial charge >= 0.3 is 5.97 Å². The number of hydrogen-bond donors (Lipinski definition) is 0. The Morgan fingerprint density at radius 1 is 1.21 bits per heavy atom. The third-order valence-corrected chi connectivity index (χ3v) is 7.74. The first-order valence-electron chi connectivity index (χ1n) is 12.5. The van der Waals surface area contributed by atoms with Crippen LogP contribution in [0.2, 0.25) is 0 Å². The maximum atomic E-state index is 13.9. The predicted molar refractivity (Wildman–Crippen MR) is 145 cm³/mol. The van der Waals surface area contributed by atoms with Crippen molar-refractivity contribution in [3.8, 4) is 17.2 Å². The van der Waals surface area contributed by atoms with E-state index >= 15 is 0 Å². The molecule has 3 heterocycles. The number of methoxy groups -OCH3 is 1. The Kier molecular flexibility index (Phi) is 6.88. The van der Waals surface area contributed by atoms with Crippen LogP contribution >= 0.6 is 11.3 Å². The topological polar surface area (TPSA) is 88.4 Å². The van der Waals surface area contributed by atoms with E-state index in [1.807, 2.05) is 31.2 Å². The molecule has 8 nitrogen and oxygen atoms in total. The van der Waals surface area contributed by atoms with E-state index in [1.54, 1.807) is 31.6 Å². The smallest absolute Gasteiger partial charge is 0.338 e. The van der Waals surface area contributed by atoms with E-state index in [0.29, 0.717) is 37.7 Å². The van der Waals surface area contributed by atoms with Gasteiger partial charge in [0.15, 0.2) is 16.3 Å². The second kappa shape index (κ2) is 10.1. The number of benzene rings is 2. The summed E-state index contributed by atoms with van der Waals surface area (Å²) in [5, 5.41) is 0. The Morgan fingerprint density at radius 3 is 2.68 bits per heavy atom. The van der Waals surface area contributed by atoms with Gasteiger partial charge in [-0.3, -0.25) is 9.36 Å². The summed E-state index contributed by atoms with van der Waals surface area (Å²) in [6.45, 7) is 10.1. The Hall–Kier alpha value is -3.85. The molecule has 2 aliphatic heterocycles. The molecule has 0 spiro atoms. The minimum absolute atomic E-state index is 0.126. The largest absolute Gasteiger partial charge is 0.496 e. The highest BCUT2D eigenvalue weighted by Gasteiger charge is 2.34. The number of aromatic nitrogens is 1. The molecule has 0 bridgehead atoms. The summed E-state index contributed by atoms with van der Waals surface area (Å²) in [5.41, 5.74) is 4.31. The lowest BCUT2D eigenvalue weighted by molar-refractivity contribution is -0.139. The molecule has 0 unspecified atom stereocenters. The molecule has 3 aromatic rings. The molecular weight excluding hydrogens is 504 g/mol.